The fourth-order valence-corrected chi connectivity index (χ4v) is 29.3. The Bertz CT molecular complexity index is 406. The molecule has 24 heavy (non-hydrogen) atoms. The lowest BCUT2D eigenvalue weighted by atomic mass is 11.8. The average Bonchev–Trinajstić information content (AvgIpc) is 2.00. The lowest BCUT2D eigenvalue weighted by Crippen LogP contribution is -2.59. The van der Waals surface area contributed by atoms with Gasteiger partial charge in [-0.05, 0) is 85.1 Å². The monoisotopic (exact) mass is 443 g/mol. The van der Waals surface area contributed by atoms with Crippen LogP contribution in [0.4, 0.5) is 0 Å². The standard InChI is InChI=1S/C13H39O5Si6/c1-19(2)14-21(6,7)16-23(10,11)18-24(12,13)17-22(8,9)15-20(3,4)5/h1-13H3. The summed E-state index contributed by atoms with van der Waals surface area (Å²) in [6, 6.07) is 0. The molecule has 5 nitrogen and oxygen atoms in total. The predicted octanol–water partition coefficient (Wildman–Crippen LogP) is 4.96. The molecule has 0 aromatic heterocycles. The van der Waals surface area contributed by atoms with Crippen LogP contribution in [0, 0.1) is 0 Å². The van der Waals surface area contributed by atoms with Crippen molar-refractivity contribution >= 4 is 51.6 Å². The molecular formula is C13H39O5Si6. The summed E-state index contributed by atoms with van der Waals surface area (Å²) in [5.41, 5.74) is 0. The van der Waals surface area contributed by atoms with Gasteiger partial charge < -0.3 is 20.6 Å². The molecule has 0 saturated carbocycles. The molecule has 0 aliphatic rings. The summed E-state index contributed by atoms with van der Waals surface area (Å²) in [7, 11) is -11.5. The third-order valence-electron chi connectivity index (χ3n) is 2.48. The highest BCUT2D eigenvalue weighted by Gasteiger charge is 2.45. The zero-order valence-corrected chi connectivity index (χ0v) is 24.0. The third-order valence-corrected chi connectivity index (χ3v) is 22.3. The molecule has 0 fully saturated rings. The first-order valence-electron chi connectivity index (χ1n) is 8.54. The number of hydrogen-bond donors (Lipinski definition) is 0. The van der Waals surface area contributed by atoms with Gasteiger partial charge in [-0.25, -0.2) is 0 Å². The first-order chi connectivity index (χ1) is 10.2. The molecule has 0 heterocycles. The summed E-state index contributed by atoms with van der Waals surface area (Å²) in [6.07, 6.45) is 0. The summed E-state index contributed by atoms with van der Waals surface area (Å²) < 4.78 is 31.7. The van der Waals surface area contributed by atoms with E-state index in [1.54, 1.807) is 0 Å². The first-order valence-corrected chi connectivity index (χ1v) is 25.6. The van der Waals surface area contributed by atoms with Gasteiger partial charge in [0.1, 0.15) is 0 Å². The van der Waals surface area contributed by atoms with Crippen molar-refractivity contribution in [3.63, 3.8) is 0 Å². The van der Waals surface area contributed by atoms with Crippen LogP contribution in [0.25, 0.3) is 0 Å². The van der Waals surface area contributed by atoms with E-state index >= 15 is 0 Å². The van der Waals surface area contributed by atoms with Crippen LogP contribution in [0.3, 0.4) is 0 Å². The van der Waals surface area contributed by atoms with E-state index in [4.69, 9.17) is 20.6 Å². The minimum absolute atomic E-state index is 0.780. The minimum atomic E-state index is -2.34. The van der Waals surface area contributed by atoms with Gasteiger partial charge in [0.05, 0.1) is 0 Å². The van der Waals surface area contributed by atoms with Crippen molar-refractivity contribution in [3.8, 4) is 0 Å². The number of rotatable bonds is 10. The normalized spacial score (nSPS) is 15.2. The van der Waals surface area contributed by atoms with Crippen molar-refractivity contribution in [2.24, 2.45) is 0 Å². The second kappa shape index (κ2) is 8.41. The SMILES string of the molecule is C[Si](C)O[Si](C)(C)O[Si](C)(C)O[Si](C)(C)O[Si](C)(C)O[Si](C)(C)C. The Morgan fingerprint density at radius 2 is 0.750 bits per heavy atom. The summed E-state index contributed by atoms with van der Waals surface area (Å²) >= 11 is 0. The zero-order valence-electron chi connectivity index (χ0n) is 18.0. The second-order valence-electron chi connectivity index (χ2n) is 9.13. The lowest BCUT2D eigenvalue weighted by Gasteiger charge is -2.41. The van der Waals surface area contributed by atoms with Gasteiger partial charge in [0.2, 0.25) is 0 Å². The summed E-state index contributed by atoms with van der Waals surface area (Å²) in [4.78, 5) is 0. The van der Waals surface area contributed by atoms with Crippen molar-refractivity contribution in [1.29, 1.82) is 0 Å². The molecule has 145 valence electrons. The van der Waals surface area contributed by atoms with Crippen molar-refractivity contribution < 1.29 is 20.6 Å². The Morgan fingerprint density at radius 3 is 1.04 bits per heavy atom. The van der Waals surface area contributed by atoms with Gasteiger partial charge in [-0.1, -0.05) is 0 Å². The molecule has 1 radical (unpaired) electrons. The van der Waals surface area contributed by atoms with Crippen molar-refractivity contribution in [2.45, 2.75) is 85.1 Å². The summed E-state index contributed by atoms with van der Waals surface area (Å²) in [5.74, 6) is 0. The molecule has 0 saturated heterocycles. The molecule has 0 amide bonds. The van der Waals surface area contributed by atoms with Crippen LogP contribution in [-0.2, 0) is 20.6 Å². The molecule has 0 bridgehead atoms. The maximum atomic E-state index is 6.46. The quantitative estimate of drug-likeness (QED) is 0.446. The average molecular weight is 444 g/mol. The Kier molecular flexibility index (Phi) is 8.80. The van der Waals surface area contributed by atoms with Crippen LogP contribution < -0.4 is 0 Å². The maximum absolute atomic E-state index is 6.46. The highest BCUT2D eigenvalue weighted by atomic mass is 28.5. The molecule has 11 heteroatoms. The molecule has 0 atom stereocenters. The van der Waals surface area contributed by atoms with E-state index < -0.39 is 51.6 Å². The van der Waals surface area contributed by atoms with Crippen LogP contribution in [-0.4, -0.2) is 51.6 Å². The van der Waals surface area contributed by atoms with E-state index in [-0.39, 0.29) is 0 Å². The molecule has 0 rings (SSSR count). The van der Waals surface area contributed by atoms with Gasteiger partial charge in [-0.3, -0.25) is 0 Å². The van der Waals surface area contributed by atoms with Gasteiger partial charge in [-0.2, -0.15) is 0 Å². The van der Waals surface area contributed by atoms with Crippen LogP contribution in [0.15, 0.2) is 0 Å². The molecule has 0 aliphatic heterocycles. The second-order valence-corrected chi connectivity index (χ2v) is 30.5. The Morgan fingerprint density at radius 1 is 0.458 bits per heavy atom. The van der Waals surface area contributed by atoms with Crippen molar-refractivity contribution in [1.82, 2.24) is 0 Å². The van der Waals surface area contributed by atoms with E-state index in [1.165, 1.54) is 0 Å². The van der Waals surface area contributed by atoms with Gasteiger partial charge in [-0.15, -0.1) is 0 Å². The van der Waals surface area contributed by atoms with E-state index in [0.717, 1.165) is 0 Å². The smallest absolute Gasteiger partial charge is 0.314 e. The lowest BCUT2D eigenvalue weighted by molar-refractivity contribution is 0.284. The van der Waals surface area contributed by atoms with E-state index in [2.05, 4.69) is 85.1 Å². The van der Waals surface area contributed by atoms with Gasteiger partial charge in [0.25, 0.3) is 0 Å². The van der Waals surface area contributed by atoms with Crippen LogP contribution in [0.5, 0.6) is 0 Å². The topological polar surface area (TPSA) is 46.2 Å². The van der Waals surface area contributed by atoms with Gasteiger partial charge >= 0.3 is 34.2 Å². The van der Waals surface area contributed by atoms with E-state index in [9.17, 15) is 0 Å². The predicted molar refractivity (Wildman–Crippen MR) is 116 cm³/mol. The van der Waals surface area contributed by atoms with Crippen molar-refractivity contribution in [3.05, 3.63) is 0 Å². The highest BCUT2D eigenvalue weighted by Crippen LogP contribution is 2.26. The number of hydrogen-bond acceptors (Lipinski definition) is 5. The summed E-state index contributed by atoms with van der Waals surface area (Å²) in [5, 5.41) is 0. The maximum Gasteiger partial charge on any atom is 0.314 e. The van der Waals surface area contributed by atoms with E-state index in [1.807, 2.05) is 0 Å². The van der Waals surface area contributed by atoms with Crippen LogP contribution in [0.2, 0.25) is 85.1 Å². The largest absolute Gasteiger partial charge is 0.437 e. The Balaban J connectivity index is 4.94. The zero-order chi connectivity index (χ0) is 19.6. The molecule has 0 aromatic carbocycles. The van der Waals surface area contributed by atoms with Crippen molar-refractivity contribution in [2.75, 3.05) is 0 Å². The fraction of sp³-hybridized carbons (Fsp3) is 1.00. The molecule has 0 N–H and O–H groups in total. The third kappa shape index (κ3) is 12.5. The van der Waals surface area contributed by atoms with Gasteiger partial charge in [0.15, 0.2) is 17.4 Å². The molecule has 0 unspecified atom stereocenters. The molecule has 0 spiro atoms. The van der Waals surface area contributed by atoms with Crippen LogP contribution in [0.1, 0.15) is 0 Å². The highest BCUT2D eigenvalue weighted by molar-refractivity contribution is 6.90. The molecular weight excluding hydrogens is 405 g/mol. The Labute approximate surface area is 157 Å². The first kappa shape index (κ1) is 25.1. The van der Waals surface area contributed by atoms with Crippen LogP contribution >= 0.6 is 0 Å². The molecule has 0 aromatic rings. The minimum Gasteiger partial charge on any atom is -0.437 e. The molecule has 0 aliphatic carbocycles. The Hall–Kier alpha value is 1.10. The van der Waals surface area contributed by atoms with Gasteiger partial charge in [0, 0.05) is 0 Å². The van der Waals surface area contributed by atoms with E-state index in [0.29, 0.717) is 0 Å². The fourth-order valence-electron chi connectivity index (χ4n) is 3.09. The summed E-state index contributed by atoms with van der Waals surface area (Å²) in [6.45, 7) is 27.7.